The molecule has 3 N–H and O–H groups in total. The van der Waals surface area contributed by atoms with E-state index in [2.05, 4.69) is 11.6 Å². The minimum atomic E-state index is -3.33. The van der Waals surface area contributed by atoms with Gasteiger partial charge in [0.2, 0.25) is 10.0 Å². The highest BCUT2D eigenvalue weighted by Gasteiger charge is 2.27. The molecule has 0 aromatic heterocycles. The van der Waals surface area contributed by atoms with Gasteiger partial charge in [-0.2, -0.15) is 0 Å². The van der Waals surface area contributed by atoms with E-state index in [4.69, 9.17) is 18.0 Å². The van der Waals surface area contributed by atoms with Crippen LogP contribution in [-0.2, 0) is 15.8 Å². The van der Waals surface area contributed by atoms with Crippen molar-refractivity contribution < 1.29 is 8.42 Å². The first-order valence-electron chi connectivity index (χ1n) is 6.76. The van der Waals surface area contributed by atoms with Crippen molar-refractivity contribution in [2.45, 2.75) is 38.0 Å². The van der Waals surface area contributed by atoms with E-state index in [9.17, 15) is 8.42 Å². The van der Waals surface area contributed by atoms with E-state index in [-0.39, 0.29) is 16.8 Å². The third kappa shape index (κ3) is 4.01. The lowest BCUT2D eigenvalue weighted by atomic mass is 10.1. The van der Waals surface area contributed by atoms with Gasteiger partial charge in [0, 0.05) is 11.6 Å². The first-order chi connectivity index (χ1) is 9.37. The summed E-state index contributed by atoms with van der Waals surface area (Å²) in [4.78, 5) is 0.279. The molecule has 1 fully saturated rings. The molecule has 2 rings (SSSR count). The molecule has 2 atom stereocenters. The standard InChI is InChI=1S/C14H20N2O2S2/c1-10-4-2-7-13(10)16-20(17,18)9-11-5-3-6-12(8-11)14(15)19/h3,5-6,8,10,13,16H,2,4,7,9H2,1H3,(H2,15,19). The average Bonchev–Trinajstić information content (AvgIpc) is 2.74. The SMILES string of the molecule is CC1CCCC1NS(=O)(=O)Cc1cccc(C(N)=S)c1. The molecular weight excluding hydrogens is 292 g/mol. The minimum Gasteiger partial charge on any atom is -0.389 e. The van der Waals surface area contributed by atoms with Gasteiger partial charge in [0.25, 0.3) is 0 Å². The van der Waals surface area contributed by atoms with Crippen molar-refractivity contribution in [1.82, 2.24) is 4.72 Å². The molecule has 2 unspecified atom stereocenters. The van der Waals surface area contributed by atoms with Gasteiger partial charge in [0.05, 0.1) is 5.75 Å². The van der Waals surface area contributed by atoms with Gasteiger partial charge in [-0.1, -0.05) is 43.8 Å². The Morgan fingerprint density at radius 3 is 2.80 bits per heavy atom. The van der Waals surface area contributed by atoms with Crippen LogP contribution in [0.1, 0.15) is 37.3 Å². The number of hydrogen-bond acceptors (Lipinski definition) is 3. The van der Waals surface area contributed by atoms with Crippen molar-refractivity contribution in [2.24, 2.45) is 11.7 Å². The predicted molar refractivity (Wildman–Crippen MR) is 84.9 cm³/mol. The van der Waals surface area contributed by atoms with Crippen molar-refractivity contribution in [1.29, 1.82) is 0 Å². The van der Waals surface area contributed by atoms with E-state index >= 15 is 0 Å². The molecule has 1 aromatic carbocycles. The Bertz CT molecular complexity index is 599. The summed E-state index contributed by atoms with van der Waals surface area (Å²) in [6.07, 6.45) is 3.10. The van der Waals surface area contributed by atoms with Crippen LogP contribution in [0.2, 0.25) is 0 Å². The van der Waals surface area contributed by atoms with E-state index in [0.29, 0.717) is 17.0 Å². The number of rotatable bonds is 5. The third-order valence-corrected chi connectivity index (χ3v) is 5.37. The summed E-state index contributed by atoms with van der Waals surface area (Å²) in [6, 6.07) is 7.14. The molecule has 1 aliphatic rings. The van der Waals surface area contributed by atoms with Gasteiger partial charge in [0.1, 0.15) is 4.99 Å². The topological polar surface area (TPSA) is 72.2 Å². The molecule has 1 aliphatic carbocycles. The molecule has 0 heterocycles. The zero-order valence-corrected chi connectivity index (χ0v) is 13.1. The summed E-state index contributed by atoms with van der Waals surface area (Å²) in [5.74, 6) is 0.375. The Balaban J connectivity index is 2.08. The van der Waals surface area contributed by atoms with Crippen LogP contribution in [0.25, 0.3) is 0 Å². The van der Waals surface area contributed by atoms with Crippen molar-refractivity contribution >= 4 is 27.2 Å². The van der Waals surface area contributed by atoms with Gasteiger partial charge in [0.15, 0.2) is 0 Å². The fourth-order valence-corrected chi connectivity index (χ4v) is 4.27. The number of nitrogens with two attached hydrogens (primary N) is 1. The van der Waals surface area contributed by atoms with Crippen LogP contribution < -0.4 is 10.5 Å². The van der Waals surface area contributed by atoms with Crippen LogP contribution in [0.5, 0.6) is 0 Å². The molecule has 6 heteroatoms. The second-order valence-electron chi connectivity index (χ2n) is 5.46. The molecule has 0 amide bonds. The van der Waals surface area contributed by atoms with E-state index < -0.39 is 10.0 Å². The Morgan fingerprint density at radius 1 is 1.45 bits per heavy atom. The lowest BCUT2D eigenvalue weighted by molar-refractivity contribution is 0.476. The average molecular weight is 312 g/mol. The molecule has 0 aliphatic heterocycles. The molecule has 4 nitrogen and oxygen atoms in total. The molecule has 1 saturated carbocycles. The third-order valence-electron chi connectivity index (χ3n) is 3.76. The minimum absolute atomic E-state index is 0.0350. The van der Waals surface area contributed by atoms with Crippen LogP contribution >= 0.6 is 12.2 Å². The number of thiocarbonyl (C=S) groups is 1. The highest BCUT2D eigenvalue weighted by atomic mass is 32.2. The van der Waals surface area contributed by atoms with Crippen molar-refractivity contribution in [3.63, 3.8) is 0 Å². The normalized spacial score (nSPS) is 22.9. The van der Waals surface area contributed by atoms with Gasteiger partial charge in [-0.25, -0.2) is 13.1 Å². The number of hydrogen-bond donors (Lipinski definition) is 2. The Morgan fingerprint density at radius 2 is 2.20 bits per heavy atom. The van der Waals surface area contributed by atoms with Crippen LogP contribution in [0.4, 0.5) is 0 Å². The van der Waals surface area contributed by atoms with Crippen LogP contribution in [0.15, 0.2) is 24.3 Å². The monoisotopic (exact) mass is 312 g/mol. The summed E-state index contributed by atoms with van der Waals surface area (Å²) in [5.41, 5.74) is 6.96. The van der Waals surface area contributed by atoms with Gasteiger partial charge in [-0.3, -0.25) is 0 Å². The second-order valence-corrected chi connectivity index (χ2v) is 7.65. The summed E-state index contributed by atoms with van der Waals surface area (Å²) in [6.45, 7) is 2.09. The lowest BCUT2D eigenvalue weighted by Crippen LogP contribution is -2.37. The van der Waals surface area contributed by atoms with Gasteiger partial charge in [-0.15, -0.1) is 0 Å². The van der Waals surface area contributed by atoms with Crippen LogP contribution in [-0.4, -0.2) is 19.4 Å². The molecular formula is C14H20N2O2S2. The summed E-state index contributed by atoms with van der Waals surface area (Å²) in [5, 5.41) is 0. The molecule has 0 radical (unpaired) electrons. The number of nitrogens with one attached hydrogen (secondary N) is 1. The molecule has 20 heavy (non-hydrogen) atoms. The van der Waals surface area contributed by atoms with Crippen molar-refractivity contribution in [3.05, 3.63) is 35.4 Å². The zero-order chi connectivity index (χ0) is 14.8. The summed E-state index contributed by atoms with van der Waals surface area (Å²) < 4.78 is 27.2. The number of sulfonamides is 1. The first-order valence-corrected chi connectivity index (χ1v) is 8.82. The van der Waals surface area contributed by atoms with E-state index in [1.54, 1.807) is 24.3 Å². The van der Waals surface area contributed by atoms with Crippen molar-refractivity contribution in [3.8, 4) is 0 Å². The molecule has 1 aromatic rings. The van der Waals surface area contributed by atoms with E-state index in [1.165, 1.54) is 0 Å². The maximum Gasteiger partial charge on any atom is 0.216 e. The fourth-order valence-electron chi connectivity index (χ4n) is 2.63. The van der Waals surface area contributed by atoms with E-state index in [0.717, 1.165) is 19.3 Å². The van der Waals surface area contributed by atoms with Crippen molar-refractivity contribution in [2.75, 3.05) is 0 Å². The largest absolute Gasteiger partial charge is 0.389 e. The second kappa shape index (κ2) is 6.20. The maximum atomic E-state index is 12.2. The van der Waals surface area contributed by atoms with E-state index in [1.807, 2.05) is 0 Å². The molecule has 0 spiro atoms. The quantitative estimate of drug-likeness (QED) is 0.815. The Hall–Kier alpha value is -0.980. The Kier molecular flexibility index (Phi) is 4.78. The van der Waals surface area contributed by atoms with Gasteiger partial charge < -0.3 is 5.73 Å². The molecule has 0 bridgehead atoms. The lowest BCUT2D eigenvalue weighted by Gasteiger charge is -2.17. The zero-order valence-electron chi connectivity index (χ0n) is 11.5. The molecule has 110 valence electrons. The highest BCUT2D eigenvalue weighted by molar-refractivity contribution is 7.88. The maximum absolute atomic E-state index is 12.2. The van der Waals surface area contributed by atoms with Crippen LogP contribution in [0.3, 0.4) is 0 Å². The van der Waals surface area contributed by atoms with Gasteiger partial charge >= 0.3 is 0 Å². The van der Waals surface area contributed by atoms with Crippen LogP contribution in [0, 0.1) is 5.92 Å². The van der Waals surface area contributed by atoms with Gasteiger partial charge in [-0.05, 0) is 30.4 Å². The molecule has 0 saturated heterocycles. The predicted octanol–water partition coefficient (Wildman–Crippen LogP) is 1.93. The summed E-state index contributed by atoms with van der Waals surface area (Å²) >= 11 is 4.91. The highest BCUT2D eigenvalue weighted by Crippen LogP contribution is 2.25. The first kappa shape index (κ1) is 15.4. The fraction of sp³-hybridized carbons (Fsp3) is 0.500. The summed E-state index contributed by atoms with van der Waals surface area (Å²) in [7, 11) is -3.33. The smallest absolute Gasteiger partial charge is 0.216 e. The number of benzene rings is 1. The Labute approximate surface area is 125 Å².